The number of fused-ring (bicyclic) bond motifs is 3. The number of nitrogens with zero attached hydrogens (tertiary/aromatic N) is 3. The highest BCUT2D eigenvalue weighted by molar-refractivity contribution is 6.04. The predicted molar refractivity (Wildman–Crippen MR) is 129 cm³/mol. The van der Waals surface area contributed by atoms with Crippen molar-refractivity contribution < 1.29 is 14.3 Å². The van der Waals surface area contributed by atoms with Crippen molar-refractivity contribution >= 4 is 29.1 Å². The zero-order valence-corrected chi connectivity index (χ0v) is 19.3. The Bertz CT molecular complexity index is 1040. The first kappa shape index (κ1) is 21.9. The molecule has 2 fully saturated rings. The maximum atomic E-state index is 13.8. The number of rotatable bonds is 4. The smallest absolute Gasteiger partial charge is 0.411 e. The summed E-state index contributed by atoms with van der Waals surface area (Å²) in [6.07, 6.45) is 3.71. The van der Waals surface area contributed by atoms with E-state index in [9.17, 15) is 9.59 Å². The van der Waals surface area contributed by atoms with Crippen LogP contribution in [0.15, 0.2) is 42.5 Å². The van der Waals surface area contributed by atoms with Crippen LogP contribution in [-0.4, -0.2) is 67.2 Å². The van der Waals surface area contributed by atoms with Crippen LogP contribution in [0.25, 0.3) is 0 Å². The Hall–Kier alpha value is -2.90. The molecule has 3 aliphatic rings. The number of hydrogen-bond acceptors (Lipinski definition) is 5. The summed E-state index contributed by atoms with van der Waals surface area (Å²) >= 11 is 0. The van der Waals surface area contributed by atoms with Crippen LogP contribution in [0, 0.1) is 0 Å². The topological polar surface area (TPSA) is 65.1 Å². The van der Waals surface area contributed by atoms with Crippen molar-refractivity contribution in [2.75, 3.05) is 49.5 Å². The van der Waals surface area contributed by atoms with Crippen molar-refractivity contribution in [1.29, 1.82) is 0 Å². The van der Waals surface area contributed by atoms with E-state index in [4.69, 9.17) is 4.74 Å². The Morgan fingerprint density at radius 2 is 1.85 bits per heavy atom. The number of para-hydroxylation sites is 1. The first-order valence-corrected chi connectivity index (χ1v) is 12.1. The monoisotopic (exact) mass is 448 g/mol. The number of ether oxygens (including phenoxy) is 1. The van der Waals surface area contributed by atoms with Crippen LogP contribution < -0.4 is 10.2 Å². The van der Waals surface area contributed by atoms with Crippen molar-refractivity contribution in [3.63, 3.8) is 0 Å². The molecule has 3 aliphatic heterocycles. The molecule has 0 bridgehead atoms. The van der Waals surface area contributed by atoms with E-state index in [1.54, 1.807) is 6.92 Å². The minimum Gasteiger partial charge on any atom is -0.450 e. The van der Waals surface area contributed by atoms with Gasteiger partial charge in [0, 0.05) is 31.4 Å². The summed E-state index contributed by atoms with van der Waals surface area (Å²) in [5, 5.41) is 2.79. The summed E-state index contributed by atoms with van der Waals surface area (Å²) in [5.74, 6) is 0.0744. The van der Waals surface area contributed by atoms with E-state index in [0.717, 1.165) is 49.4 Å². The Kier molecular flexibility index (Phi) is 6.33. The second kappa shape index (κ2) is 9.53. The number of carbonyl (C=O) groups excluding carboxylic acids is 2. The summed E-state index contributed by atoms with van der Waals surface area (Å²) < 4.78 is 5.04. The van der Waals surface area contributed by atoms with Gasteiger partial charge in [-0.25, -0.2) is 4.79 Å². The predicted octanol–water partition coefficient (Wildman–Crippen LogP) is 3.80. The number of carbonyl (C=O) groups is 2. The van der Waals surface area contributed by atoms with E-state index in [1.807, 2.05) is 41.3 Å². The van der Waals surface area contributed by atoms with Crippen molar-refractivity contribution in [2.24, 2.45) is 0 Å². The maximum Gasteiger partial charge on any atom is 0.411 e. The molecule has 2 saturated heterocycles. The third-order valence-electron chi connectivity index (χ3n) is 7.02. The lowest BCUT2D eigenvalue weighted by Gasteiger charge is -2.38. The lowest BCUT2D eigenvalue weighted by atomic mass is 10.0. The average molecular weight is 449 g/mol. The Balaban J connectivity index is 1.44. The number of anilines is 3. The van der Waals surface area contributed by atoms with Crippen LogP contribution in [0.2, 0.25) is 0 Å². The summed E-state index contributed by atoms with van der Waals surface area (Å²) in [5.41, 5.74) is 4.69. The molecule has 1 atom stereocenters. The highest BCUT2D eigenvalue weighted by Gasteiger charge is 2.33. The first-order chi connectivity index (χ1) is 16.1. The summed E-state index contributed by atoms with van der Waals surface area (Å²) in [4.78, 5) is 32.6. The molecule has 0 radical (unpaired) electrons. The summed E-state index contributed by atoms with van der Waals surface area (Å²) in [7, 11) is 0. The first-order valence-electron chi connectivity index (χ1n) is 12.1. The molecule has 0 aliphatic carbocycles. The largest absolute Gasteiger partial charge is 0.450 e. The van der Waals surface area contributed by atoms with E-state index in [0.29, 0.717) is 24.9 Å². The van der Waals surface area contributed by atoms with E-state index < -0.39 is 6.09 Å². The molecule has 0 aromatic heterocycles. The number of nitrogens with one attached hydrogen (secondary N) is 1. The van der Waals surface area contributed by atoms with Gasteiger partial charge >= 0.3 is 6.09 Å². The molecule has 0 saturated carbocycles. The molecule has 2 aromatic rings. The molecule has 1 N–H and O–H groups in total. The van der Waals surface area contributed by atoms with Crippen molar-refractivity contribution in [3.8, 4) is 0 Å². The number of piperazine rings is 1. The Morgan fingerprint density at radius 1 is 1.03 bits per heavy atom. The average Bonchev–Trinajstić information content (AvgIpc) is 3.20. The Morgan fingerprint density at radius 3 is 2.70 bits per heavy atom. The van der Waals surface area contributed by atoms with Gasteiger partial charge in [-0.3, -0.25) is 24.8 Å². The fraction of sp³-hybridized carbons (Fsp3) is 0.462. The lowest BCUT2D eigenvalue weighted by molar-refractivity contribution is -0.119. The van der Waals surface area contributed by atoms with Crippen LogP contribution in [-0.2, 0) is 22.4 Å². The van der Waals surface area contributed by atoms with Gasteiger partial charge in [0.15, 0.2) is 0 Å². The van der Waals surface area contributed by atoms with E-state index >= 15 is 0 Å². The van der Waals surface area contributed by atoms with Crippen LogP contribution in [0.3, 0.4) is 0 Å². The summed E-state index contributed by atoms with van der Waals surface area (Å²) in [6.45, 7) is 6.60. The second-order valence-electron chi connectivity index (χ2n) is 9.11. The SMILES string of the molecule is CCOC(=O)Nc1ccc2c(c1)N(C(=O)CN1CCN3CCC[C@@H]3C1)c1ccccc1CC2. The molecular weight excluding hydrogens is 416 g/mol. The lowest BCUT2D eigenvalue weighted by Crippen LogP contribution is -2.52. The molecule has 7 nitrogen and oxygen atoms in total. The van der Waals surface area contributed by atoms with Gasteiger partial charge in [-0.15, -0.1) is 0 Å². The van der Waals surface area contributed by atoms with Crippen LogP contribution in [0.5, 0.6) is 0 Å². The molecule has 7 heteroatoms. The molecular formula is C26H32N4O3. The molecule has 174 valence electrons. The molecule has 0 spiro atoms. The quantitative estimate of drug-likeness (QED) is 0.771. The standard InChI is InChI=1S/C26H32N4O3/c1-2-33-26(32)27-21-12-11-20-10-9-19-6-3-4-8-23(19)30(24(20)16-21)25(31)18-28-14-15-29-13-5-7-22(29)17-28/h3-4,6,8,11-12,16,22H,2,5,7,9-10,13-15,17-18H2,1H3,(H,27,32)/t22-/m1/s1. The van der Waals surface area contributed by atoms with Gasteiger partial charge in [-0.2, -0.15) is 0 Å². The number of aryl methyl sites for hydroxylation is 2. The number of benzene rings is 2. The zero-order chi connectivity index (χ0) is 22.8. The Labute approximate surface area is 195 Å². The highest BCUT2D eigenvalue weighted by Crippen LogP contribution is 2.38. The van der Waals surface area contributed by atoms with E-state index in [1.165, 1.54) is 24.9 Å². The van der Waals surface area contributed by atoms with Crippen molar-refractivity contribution in [1.82, 2.24) is 9.80 Å². The molecule has 3 heterocycles. The molecule has 5 rings (SSSR count). The van der Waals surface area contributed by atoms with Crippen LogP contribution in [0.1, 0.15) is 30.9 Å². The third kappa shape index (κ3) is 4.61. The second-order valence-corrected chi connectivity index (χ2v) is 9.11. The highest BCUT2D eigenvalue weighted by atomic mass is 16.5. The number of amides is 2. The van der Waals surface area contributed by atoms with Crippen LogP contribution >= 0.6 is 0 Å². The van der Waals surface area contributed by atoms with Gasteiger partial charge in [-0.05, 0) is 68.5 Å². The molecule has 2 amide bonds. The maximum absolute atomic E-state index is 13.8. The molecule has 33 heavy (non-hydrogen) atoms. The van der Waals surface area contributed by atoms with Gasteiger partial charge in [0.05, 0.1) is 24.5 Å². The van der Waals surface area contributed by atoms with Gasteiger partial charge < -0.3 is 4.74 Å². The summed E-state index contributed by atoms with van der Waals surface area (Å²) in [6, 6.07) is 14.5. The van der Waals surface area contributed by atoms with Gasteiger partial charge in [0.25, 0.3) is 0 Å². The fourth-order valence-corrected chi connectivity index (χ4v) is 5.42. The van der Waals surface area contributed by atoms with E-state index in [-0.39, 0.29) is 5.91 Å². The third-order valence-corrected chi connectivity index (χ3v) is 7.02. The van der Waals surface area contributed by atoms with E-state index in [2.05, 4.69) is 21.2 Å². The van der Waals surface area contributed by atoms with Gasteiger partial charge in [0.1, 0.15) is 0 Å². The minimum atomic E-state index is -0.487. The molecule has 0 unspecified atom stereocenters. The molecule has 2 aromatic carbocycles. The minimum absolute atomic E-state index is 0.0744. The normalized spacial score (nSPS) is 20.4. The van der Waals surface area contributed by atoms with Gasteiger partial charge in [-0.1, -0.05) is 24.3 Å². The zero-order valence-electron chi connectivity index (χ0n) is 19.3. The van der Waals surface area contributed by atoms with Crippen molar-refractivity contribution in [3.05, 3.63) is 53.6 Å². The van der Waals surface area contributed by atoms with Crippen molar-refractivity contribution in [2.45, 2.75) is 38.6 Å². The number of hydrogen-bond donors (Lipinski definition) is 1. The fourth-order valence-electron chi connectivity index (χ4n) is 5.42. The van der Waals surface area contributed by atoms with Crippen LogP contribution in [0.4, 0.5) is 21.9 Å². The van der Waals surface area contributed by atoms with Gasteiger partial charge in [0.2, 0.25) is 5.91 Å².